The Morgan fingerprint density at radius 1 is 1.15 bits per heavy atom. The summed E-state index contributed by atoms with van der Waals surface area (Å²) in [7, 11) is 0. The second-order valence-corrected chi connectivity index (χ2v) is 7.90. The minimum atomic E-state index is -4.38. The first-order valence-electron chi connectivity index (χ1n) is 7.51. The summed E-state index contributed by atoms with van der Waals surface area (Å²) in [5.74, 6) is -0.108. The number of carbonyl (C=O) groups excluding carboxylic acids is 1. The van der Waals surface area contributed by atoms with Crippen molar-refractivity contribution in [2.75, 3.05) is 5.32 Å². The normalized spacial score (nSPS) is 11.4. The first-order valence-corrected chi connectivity index (χ1v) is 9.69. The third-order valence-corrected chi connectivity index (χ3v) is 5.73. The average Bonchev–Trinajstić information content (AvgIpc) is 3.07. The van der Waals surface area contributed by atoms with Crippen LogP contribution in [0.25, 0.3) is 0 Å². The number of carbonyl (C=O) groups is 1. The first-order chi connectivity index (χ1) is 12.8. The Morgan fingerprint density at radius 2 is 1.93 bits per heavy atom. The van der Waals surface area contributed by atoms with Gasteiger partial charge in [-0.2, -0.15) is 13.2 Å². The van der Waals surface area contributed by atoms with Crippen LogP contribution in [0.3, 0.4) is 0 Å². The summed E-state index contributed by atoms with van der Waals surface area (Å²) < 4.78 is 38.8. The third kappa shape index (κ3) is 5.21. The number of amides is 1. The van der Waals surface area contributed by atoms with Gasteiger partial charge in [-0.15, -0.1) is 10.2 Å². The number of hydrogen-bond donors (Lipinski definition) is 1. The molecule has 0 atom stereocenters. The van der Waals surface area contributed by atoms with Crippen molar-refractivity contribution >= 4 is 45.7 Å². The van der Waals surface area contributed by atoms with Gasteiger partial charge in [0, 0.05) is 5.75 Å². The number of nitrogens with one attached hydrogen (secondary N) is 1. The van der Waals surface area contributed by atoms with Crippen molar-refractivity contribution < 1.29 is 18.0 Å². The van der Waals surface area contributed by atoms with Crippen molar-refractivity contribution in [1.29, 1.82) is 0 Å². The fourth-order valence-corrected chi connectivity index (χ4v) is 4.02. The van der Waals surface area contributed by atoms with Crippen molar-refractivity contribution in [3.63, 3.8) is 0 Å². The van der Waals surface area contributed by atoms with Gasteiger partial charge in [0.15, 0.2) is 4.34 Å². The Labute approximate surface area is 165 Å². The monoisotopic (exact) mass is 429 g/mol. The van der Waals surface area contributed by atoms with E-state index in [-0.39, 0.29) is 5.13 Å². The summed E-state index contributed by atoms with van der Waals surface area (Å²) >= 11 is 8.35. The predicted octanol–water partition coefficient (Wildman–Crippen LogP) is 5.75. The number of benzene rings is 2. The second kappa shape index (κ2) is 8.28. The summed E-state index contributed by atoms with van der Waals surface area (Å²) in [6.07, 6.45) is -4.38. The van der Waals surface area contributed by atoms with Crippen molar-refractivity contribution in [2.24, 2.45) is 0 Å². The molecule has 1 heterocycles. The van der Waals surface area contributed by atoms with E-state index in [2.05, 4.69) is 15.5 Å². The molecule has 0 aliphatic heterocycles. The highest BCUT2D eigenvalue weighted by atomic mass is 35.5. The van der Waals surface area contributed by atoms with Gasteiger partial charge in [0.1, 0.15) is 0 Å². The van der Waals surface area contributed by atoms with Crippen LogP contribution in [0.2, 0.25) is 5.02 Å². The molecule has 0 spiro atoms. The quantitative estimate of drug-likeness (QED) is 0.414. The first kappa shape index (κ1) is 19.7. The van der Waals surface area contributed by atoms with Crippen LogP contribution >= 0.6 is 34.7 Å². The number of alkyl halides is 3. The van der Waals surface area contributed by atoms with Gasteiger partial charge in [0.05, 0.1) is 16.1 Å². The Bertz CT molecular complexity index is 962. The Hall–Kier alpha value is -2.10. The minimum absolute atomic E-state index is 0.284. The molecule has 4 nitrogen and oxygen atoms in total. The highest BCUT2D eigenvalue weighted by Crippen LogP contribution is 2.32. The molecule has 1 aromatic heterocycles. The number of rotatable bonds is 5. The molecule has 0 bridgehead atoms. The number of aromatic nitrogens is 2. The molecule has 0 fully saturated rings. The van der Waals surface area contributed by atoms with Crippen LogP contribution < -0.4 is 5.32 Å². The van der Waals surface area contributed by atoms with Crippen LogP contribution in [0.4, 0.5) is 18.3 Å². The minimum Gasteiger partial charge on any atom is -0.296 e. The zero-order valence-corrected chi connectivity index (χ0v) is 15.8. The van der Waals surface area contributed by atoms with Gasteiger partial charge < -0.3 is 0 Å². The molecule has 140 valence electrons. The molecule has 1 amide bonds. The lowest BCUT2D eigenvalue weighted by Gasteiger charge is -2.07. The summed E-state index contributed by atoms with van der Waals surface area (Å²) in [5.41, 5.74) is 0.143. The molecule has 0 radical (unpaired) electrons. The van der Waals surface area contributed by atoms with Gasteiger partial charge in [0.25, 0.3) is 5.91 Å². The van der Waals surface area contributed by atoms with Crippen LogP contribution in [0.5, 0.6) is 0 Å². The highest BCUT2D eigenvalue weighted by Gasteiger charge is 2.30. The Morgan fingerprint density at radius 3 is 2.67 bits per heavy atom. The topological polar surface area (TPSA) is 54.9 Å². The van der Waals surface area contributed by atoms with E-state index in [0.29, 0.717) is 26.2 Å². The lowest BCUT2D eigenvalue weighted by atomic mass is 10.1. The Kier molecular flexibility index (Phi) is 6.03. The molecule has 1 N–H and O–H groups in total. The fourth-order valence-electron chi connectivity index (χ4n) is 2.11. The number of thioether (sulfide) groups is 1. The van der Waals surface area contributed by atoms with Gasteiger partial charge in [-0.25, -0.2) is 0 Å². The van der Waals surface area contributed by atoms with Crippen LogP contribution in [0.1, 0.15) is 21.5 Å². The van der Waals surface area contributed by atoms with E-state index < -0.39 is 17.6 Å². The average molecular weight is 430 g/mol. The summed E-state index contributed by atoms with van der Waals surface area (Å²) in [6, 6.07) is 11.7. The molecule has 0 aliphatic carbocycles. The van der Waals surface area contributed by atoms with Crippen LogP contribution in [0, 0.1) is 0 Å². The summed E-state index contributed by atoms with van der Waals surface area (Å²) in [5, 5.41) is 11.0. The van der Waals surface area contributed by atoms with Gasteiger partial charge in [-0.3, -0.25) is 10.1 Å². The smallest absolute Gasteiger partial charge is 0.296 e. The lowest BCUT2D eigenvalue weighted by Crippen LogP contribution is -2.12. The molecule has 0 unspecified atom stereocenters. The van der Waals surface area contributed by atoms with E-state index in [1.165, 1.54) is 17.8 Å². The van der Waals surface area contributed by atoms with E-state index in [1.807, 2.05) is 0 Å². The second-order valence-electron chi connectivity index (χ2n) is 5.29. The molecule has 10 heteroatoms. The Balaban J connectivity index is 1.62. The molecule has 3 rings (SSSR count). The van der Waals surface area contributed by atoms with E-state index in [0.717, 1.165) is 23.5 Å². The van der Waals surface area contributed by atoms with Gasteiger partial charge in [-0.1, -0.05) is 65.0 Å². The maximum Gasteiger partial charge on any atom is 0.416 e. The van der Waals surface area contributed by atoms with Crippen molar-refractivity contribution in [1.82, 2.24) is 10.2 Å². The fraction of sp³-hybridized carbons (Fsp3) is 0.118. The van der Waals surface area contributed by atoms with Crippen molar-refractivity contribution in [2.45, 2.75) is 16.3 Å². The maximum atomic E-state index is 12.7. The molecule has 0 saturated carbocycles. The molecule has 27 heavy (non-hydrogen) atoms. The number of halogens is 4. The molecule has 0 saturated heterocycles. The molecular weight excluding hydrogens is 419 g/mol. The number of anilines is 1. The van der Waals surface area contributed by atoms with Gasteiger partial charge in [0.2, 0.25) is 5.13 Å². The lowest BCUT2D eigenvalue weighted by molar-refractivity contribution is -0.137. The summed E-state index contributed by atoms with van der Waals surface area (Å²) in [4.78, 5) is 12.2. The van der Waals surface area contributed by atoms with Gasteiger partial charge >= 0.3 is 6.18 Å². The summed E-state index contributed by atoms with van der Waals surface area (Å²) in [6.45, 7) is 0. The SMILES string of the molecule is O=C(Nc1nnc(SCc2cccc(C(F)(F)F)c2)s1)c1ccccc1Cl. The zero-order chi connectivity index (χ0) is 19.4. The largest absolute Gasteiger partial charge is 0.416 e. The standard InChI is InChI=1S/C17H11ClF3N3OS2/c18-13-7-2-1-6-12(13)14(25)22-15-23-24-16(27-15)26-9-10-4-3-5-11(8-10)17(19,20)21/h1-8H,9H2,(H,22,23,25). The number of nitrogens with zero attached hydrogens (tertiary/aromatic N) is 2. The molecular formula is C17H11ClF3N3OS2. The molecule has 0 aliphatic rings. The van der Waals surface area contributed by atoms with Crippen LogP contribution in [-0.2, 0) is 11.9 Å². The van der Waals surface area contributed by atoms with E-state index >= 15 is 0 Å². The van der Waals surface area contributed by atoms with Crippen LogP contribution in [0.15, 0.2) is 52.9 Å². The predicted molar refractivity (Wildman–Crippen MR) is 100 cm³/mol. The number of hydrogen-bond acceptors (Lipinski definition) is 5. The third-order valence-electron chi connectivity index (χ3n) is 3.36. The highest BCUT2D eigenvalue weighted by molar-refractivity contribution is 8.00. The molecule has 2 aromatic carbocycles. The maximum absolute atomic E-state index is 12.7. The van der Waals surface area contributed by atoms with Crippen molar-refractivity contribution in [3.05, 3.63) is 70.2 Å². The van der Waals surface area contributed by atoms with Crippen molar-refractivity contribution in [3.8, 4) is 0 Å². The van der Waals surface area contributed by atoms with E-state index in [9.17, 15) is 18.0 Å². The van der Waals surface area contributed by atoms with Crippen LogP contribution in [-0.4, -0.2) is 16.1 Å². The van der Waals surface area contributed by atoms with Gasteiger partial charge in [-0.05, 0) is 23.8 Å². The van der Waals surface area contributed by atoms with E-state index in [4.69, 9.17) is 11.6 Å². The molecule has 3 aromatic rings. The zero-order valence-electron chi connectivity index (χ0n) is 13.5. The van der Waals surface area contributed by atoms with E-state index in [1.54, 1.807) is 30.3 Å².